The Morgan fingerprint density at radius 2 is 1.81 bits per heavy atom. The van der Waals surface area contributed by atoms with Crippen molar-refractivity contribution in [2.75, 3.05) is 5.32 Å². The van der Waals surface area contributed by atoms with E-state index in [9.17, 15) is 9.59 Å². The monoisotopic (exact) mass is 218 g/mol. The summed E-state index contributed by atoms with van der Waals surface area (Å²) in [5.74, 6) is -1.73. The number of fused-ring (bicyclic) bond motifs is 1. The maximum atomic E-state index is 11.1. The zero-order chi connectivity index (χ0) is 11.5. The van der Waals surface area contributed by atoms with Gasteiger partial charge < -0.3 is 11.1 Å². The first-order chi connectivity index (χ1) is 7.66. The molecule has 16 heavy (non-hydrogen) atoms. The van der Waals surface area contributed by atoms with E-state index >= 15 is 0 Å². The van der Waals surface area contributed by atoms with Gasteiger partial charge in [0, 0.05) is 5.69 Å². The average Bonchev–Trinajstić information content (AvgIpc) is 2.28. The molecular formula is C12H14N2O2. The molecule has 84 valence electrons. The van der Waals surface area contributed by atoms with Crippen molar-refractivity contribution in [3.63, 3.8) is 0 Å². The molecule has 0 unspecified atom stereocenters. The minimum absolute atomic E-state index is 0.643. The highest BCUT2D eigenvalue weighted by Crippen LogP contribution is 2.24. The Morgan fingerprint density at radius 3 is 2.50 bits per heavy atom. The molecule has 2 rings (SSSR count). The molecule has 0 heterocycles. The number of nitrogens with two attached hydrogens (primary N) is 1. The topological polar surface area (TPSA) is 72.2 Å². The molecule has 0 aromatic heterocycles. The lowest BCUT2D eigenvalue weighted by atomic mass is 9.91. The zero-order valence-electron chi connectivity index (χ0n) is 8.95. The van der Waals surface area contributed by atoms with E-state index in [0.29, 0.717) is 5.69 Å². The summed E-state index contributed by atoms with van der Waals surface area (Å²) in [5, 5.41) is 2.48. The fraction of sp³-hybridized carbons (Fsp3) is 0.333. The number of amides is 2. The van der Waals surface area contributed by atoms with E-state index in [1.165, 1.54) is 24.0 Å². The van der Waals surface area contributed by atoms with Gasteiger partial charge in [-0.15, -0.1) is 0 Å². The fourth-order valence-corrected chi connectivity index (χ4v) is 2.00. The molecule has 4 nitrogen and oxygen atoms in total. The zero-order valence-corrected chi connectivity index (χ0v) is 8.95. The van der Waals surface area contributed by atoms with Crippen molar-refractivity contribution in [2.45, 2.75) is 25.7 Å². The summed E-state index contributed by atoms with van der Waals surface area (Å²) in [6, 6.07) is 5.74. The van der Waals surface area contributed by atoms with Crippen LogP contribution in [0.1, 0.15) is 24.0 Å². The number of hydrogen-bond donors (Lipinski definition) is 2. The Hall–Kier alpha value is -1.84. The first-order valence-electron chi connectivity index (χ1n) is 5.39. The summed E-state index contributed by atoms with van der Waals surface area (Å²) in [7, 11) is 0. The number of aryl methyl sites for hydroxylation is 2. The lowest BCUT2D eigenvalue weighted by molar-refractivity contribution is -0.134. The van der Waals surface area contributed by atoms with Gasteiger partial charge in [0.2, 0.25) is 0 Å². The predicted octanol–water partition coefficient (Wildman–Crippen LogP) is 0.989. The smallest absolute Gasteiger partial charge is 0.313 e. The lowest BCUT2D eigenvalue weighted by Gasteiger charge is -2.16. The molecule has 0 radical (unpaired) electrons. The molecule has 0 saturated carbocycles. The Morgan fingerprint density at radius 1 is 1.12 bits per heavy atom. The number of benzene rings is 1. The van der Waals surface area contributed by atoms with Gasteiger partial charge >= 0.3 is 11.8 Å². The van der Waals surface area contributed by atoms with Crippen molar-refractivity contribution in [3.05, 3.63) is 29.3 Å². The van der Waals surface area contributed by atoms with Gasteiger partial charge in [-0.3, -0.25) is 9.59 Å². The predicted molar refractivity (Wildman–Crippen MR) is 60.9 cm³/mol. The second-order valence-corrected chi connectivity index (χ2v) is 4.01. The van der Waals surface area contributed by atoms with Crippen LogP contribution in [-0.2, 0) is 22.4 Å². The molecule has 0 aliphatic heterocycles. The molecule has 0 atom stereocenters. The van der Waals surface area contributed by atoms with Gasteiger partial charge in [-0.2, -0.15) is 0 Å². The molecular weight excluding hydrogens is 204 g/mol. The summed E-state index contributed by atoms with van der Waals surface area (Å²) >= 11 is 0. The van der Waals surface area contributed by atoms with Gasteiger partial charge in [0.05, 0.1) is 0 Å². The van der Waals surface area contributed by atoms with E-state index in [2.05, 4.69) is 5.32 Å². The SMILES string of the molecule is NC(=O)C(=O)Nc1ccc2c(c1)CCCC2. The number of primary amides is 1. The van der Waals surface area contributed by atoms with Gasteiger partial charge in [-0.25, -0.2) is 0 Å². The minimum Gasteiger partial charge on any atom is -0.361 e. The number of carbonyl (C=O) groups excluding carboxylic acids is 2. The van der Waals surface area contributed by atoms with Crippen LogP contribution in [0.25, 0.3) is 0 Å². The molecule has 0 fully saturated rings. The summed E-state index contributed by atoms with van der Waals surface area (Å²) in [4.78, 5) is 21.7. The van der Waals surface area contributed by atoms with Crippen molar-refractivity contribution < 1.29 is 9.59 Å². The maximum absolute atomic E-state index is 11.1. The van der Waals surface area contributed by atoms with Crippen LogP contribution < -0.4 is 11.1 Å². The summed E-state index contributed by atoms with van der Waals surface area (Å²) in [6.45, 7) is 0. The lowest BCUT2D eigenvalue weighted by Crippen LogP contribution is -2.29. The van der Waals surface area contributed by atoms with Gasteiger partial charge in [-0.1, -0.05) is 6.07 Å². The van der Waals surface area contributed by atoms with Crippen LogP contribution in [0, 0.1) is 0 Å². The molecule has 1 aliphatic rings. The molecule has 0 bridgehead atoms. The third-order valence-electron chi connectivity index (χ3n) is 2.83. The molecule has 0 saturated heterocycles. The van der Waals surface area contributed by atoms with Crippen molar-refractivity contribution in [1.82, 2.24) is 0 Å². The van der Waals surface area contributed by atoms with Gasteiger partial charge in [0.15, 0.2) is 0 Å². The van der Waals surface area contributed by atoms with Gasteiger partial charge in [0.1, 0.15) is 0 Å². The van der Waals surface area contributed by atoms with Crippen molar-refractivity contribution >= 4 is 17.5 Å². The maximum Gasteiger partial charge on any atom is 0.313 e. The summed E-state index contributed by atoms with van der Waals surface area (Å²) < 4.78 is 0. The van der Waals surface area contributed by atoms with E-state index in [0.717, 1.165) is 12.8 Å². The number of rotatable bonds is 1. The Kier molecular flexibility index (Phi) is 2.90. The first kappa shape index (κ1) is 10.7. The van der Waals surface area contributed by atoms with E-state index in [1.807, 2.05) is 18.2 Å². The van der Waals surface area contributed by atoms with E-state index in [4.69, 9.17) is 5.73 Å². The van der Waals surface area contributed by atoms with Gasteiger partial charge in [-0.05, 0) is 48.9 Å². The standard InChI is InChI=1S/C12H14N2O2/c13-11(15)12(16)14-10-6-5-8-3-1-2-4-9(8)7-10/h5-7H,1-4H2,(H2,13,15)(H,14,16). The van der Waals surface area contributed by atoms with Crippen LogP contribution in [0.3, 0.4) is 0 Å². The molecule has 3 N–H and O–H groups in total. The third kappa shape index (κ3) is 2.21. The Balaban J connectivity index is 2.17. The van der Waals surface area contributed by atoms with Crippen LogP contribution in [0.2, 0.25) is 0 Å². The minimum atomic E-state index is -0.960. The summed E-state index contributed by atoms with van der Waals surface area (Å²) in [5.41, 5.74) is 8.11. The van der Waals surface area contributed by atoms with E-state index in [-0.39, 0.29) is 0 Å². The molecule has 4 heteroatoms. The Labute approximate surface area is 93.8 Å². The largest absolute Gasteiger partial charge is 0.361 e. The van der Waals surface area contributed by atoms with E-state index < -0.39 is 11.8 Å². The Bertz CT molecular complexity index is 441. The number of hydrogen-bond acceptors (Lipinski definition) is 2. The number of carbonyl (C=O) groups is 2. The van der Waals surface area contributed by atoms with Crippen LogP contribution in [0.4, 0.5) is 5.69 Å². The molecule has 1 aromatic rings. The number of anilines is 1. The fourth-order valence-electron chi connectivity index (χ4n) is 2.00. The molecule has 2 amide bonds. The second-order valence-electron chi connectivity index (χ2n) is 4.01. The van der Waals surface area contributed by atoms with Crippen molar-refractivity contribution in [1.29, 1.82) is 0 Å². The van der Waals surface area contributed by atoms with Crippen LogP contribution in [0.15, 0.2) is 18.2 Å². The molecule has 1 aliphatic carbocycles. The van der Waals surface area contributed by atoms with Crippen LogP contribution in [-0.4, -0.2) is 11.8 Å². The number of nitrogens with one attached hydrogen (secondary N) is 1. The quantitative estimate of drug-likeness (QED) is 0.690. The first-order valence-corrected chi connectivity index (χ1v) is 5.39. The molecule has 1 aromatic carbocycles. The van der Waals surface area contributed by atoms with Gasteiger partial charge in [0.25, 0.3) is 0 Å². The second kappa shape index (κ2) is 4.35. The highest BCUT2D eigenvalue weighted by atomic mass is 16.2. The van der Waals surface area contributed by atoms with Crippen LogP contribution in [0.5, 0.6) is 0 Å². The highest BCUT2D eigenvalue weighted by Gasteiger charge is 2.12. The normalized spacial score (nSPS) is 14.0. The average molecular weight is 218 g/mol. The molecule has 0 spiro atoms. The summed E-state index contributed by atoms with van der Waals surface area (Å²) in [6.07, 6.45) is 4.54. The van der Waals surface area contributed by atoms with Crippen molar-refractivity contribution in [3.8, 4) is 0 Å². The van der Waals surface area contributed by atoms with E-state index in [1.54, 1.807) is 0 Å². The van der Waals surface area contributed by atoms with Crippen molar-refractivity contribution in [2.24, 2.45) is 5.73 Å². The van der Waals surface area contributed by atoms with Crippen LogP contribution >= 0.6 is 0 Å². The highest BCUT2D eigenvalue weighted by molar-refractivity contribution is 6.39. The third-order valence-corrected chi connectivity index (χ3v) is 2.83.